The van der Waals surface area contributed by atoms with E-state index in [1.165, 1.54) is 6.08 Å². The summed E-state index contributed by atoms with van der Waals surface area (Å²) in [7, 11) is 0. The minimum Gasteiger partial charge on any atom is -0.326 e. The van der Waals surface area contributed by atoms with Gasteiger partial charge in [-0.2, -0.15) is 0 Å². The van der Waals surface area contributed by atoms with Crippen molar-refractivity contribution in [2.45, 2.75) is 20.3 Å². The zero-order valence-electron chi connectivity index (χ0n) is 14.0. The van der Waals surface area contributed by atoms with Gasteiger partial charge in [0.15, 0.2) is 0 Å². The highest BCUT2D eigenvalue weighted by Crippen LogP contribution is 2.14. The van der Waals surface area contributed by atoms with Crippen LogP contribution in [-0.4, -0.2) is 11.8 Å². The summed E-state index contributed by atoms with van der Waals surface area (Å²) in [6.07, 6.45) is 3.74. The van der Waals surface area contributed by atoms with E-state index >= 15 is 0 Å². The van der Waals surface area contributed by atoms with E-state index in [1.807, 2.05) is 44.2 Å². The Morgan fingerprint density at radius 2 is 1.50 bits per heavy atom. The molecule has 0 radical (unpaired) electrons. The third-order valence-corrected chi connectivity index (χ3v) is 3.26. The standard InChI is InChI=1S/C20H22N2O2/c1-15(2)14-20(24)22-18-11-9-17(10-12-18)21-19(23)13-8-16-6-4-3-5-7-16/h3-13,15H,14H2,1-2H3,(H,21,23)(H,22,24)/b13-8+. The molecule has 4 nitrogen and oxygen atoms in total. The quantitative estimate of drug-likeness (QED) is 0.778. The summed E-state index contributed by atoms with van der Waals surface area (Å²) in [6, 6.07) is 16.7. The van der Waals surface area contributed by atoms with Gasteiger partial charge in [0.05, 0.1) is 0 Å². The van der Waals surface area contributed by atoms with Gasteiger partial charge in [-0.1, -0.05) is 44.2 Å². The Morgan fingerprint density at radius 1 is 0.917 bits per heavy atom. The number of anilines is 2. The molecule has 0 aliphatic rings. The van der Waals surface area contributed by atoms with Crippen molar-refractivity contribution in [3.8, 4) is 0 Å². The van der Waals surface area contributed by atoms with Crippen molar-refractivity contribution in [3.63, 3.8) is 0 Å². The average molecular weight is 322 g/mol. The van der Waals surface area contributed by atoms with Gasteiger partial charge in [-0.15, -0.1) is 0 Å². The SMILES string of the molecule is CC(C)CC(=O)Nc1ccc(NC(=O)/C=C/c2ccccc2)cc1. The summed E-state index contributed by atoms with van der Waals surface area (Å²) < 4.78 is 0. The van der Waals surface area contributed by atoms with Crippen LogP contribution in [0, 0.1) is 5.92 Å². The van der Waals surface area contributed by atoms with Gasteiger partial charge >= 0.3 is 0 Å². The zero-order valence-corrected chi connectivity index (χ0v) is 14.0. The van der Waals surface area contributed by atoms with Crippen molar-refractivity contribution in [1.29, 1.82) is 0 Å². The van der Waals surface area contributed by atoms with Crippen molar-refractivity contribution in [3.05, 3.63) is 66.2 Å². The van der Waals surface area contributed by atoms with Crippen LogP contribution in [-0.2, 0) is 9.59 Å². The zero-order chi connectivity index (χ0) is 17.4. The molecule has 124 valence electrons. The molecule has 0 bridgehead atoms. The van der Waals surface area contributed by atoms with E-state index in [1.54, 1.807) is 30.3 Å². The van der Waals surface area contributed by atoms with Crippen LogP contribution in [0.1, 0.15) is 25.8 Å². The number of amides is 2. The maximum atomic E-state index is 11.9. The fourth-order valence-corrected chi connectivity index (χ4v) is 2.14. The lowest BCUT2D eigenvalue weighted by Gasteiger charge is -2.08. The van der Waals surface area contributed by atoms with Gasteiger partial charge in [-0.3, -0.25) is 9.59 Å². The minimum absolute atomic E-state index is 0.00687. The molecule has 2 aromatic carbocycles. The van der Waals surface area contributed by atoms with Crippen molar-refractivity contribution in [2.24, 2.45) is 5.92 Å². The molecule has 0 aliphatic heterocycles. The van der Waals surface area contributed by atoms with Gasteiger partial charge in [0, 0.05) is 23.9 Å². The Hall–Kier alpha value is -2.88. The monoisotopic (exact) mass is 322 g/mol. The van der Waals surface area contributed by atoms with E-state index in [4.69, 9.17) is 0 Å². The molecule has 0 unspecified atom stereocenters. The minimum atomic E-state index is -0.199. The third-order valence-electron chi connectivity index (χ3n) is 3.26. The first kappa shape index (κ1) is 17.5. The Kier molecular flexibility index (Phi) is 6.32. The highest BCUT2D eigenvalue weighted by molar-refractivity contribution is 6.02. The summed E-state index contributed by atoms with van der Waals surface area (Å²) >= 11 is 0. The van der Waals surface area contributed by atoms with E-state index < -0.39 is 0 Å². The summed E-state index contributed by atoms with van der Waals surface area (Å²) in [6.45, 7) is 4.00. The molecule has 0 spiro atoms. The second kappa shape index (κ2) is 8.67. The van der Waals surface area contributed by atoms with Crippen molar-refractivity contribution in [2.75, 3.05) is 10.6 Å². The van der Waals surface area contributed by atoms with Gasteiger partial charge in [0.1, 0.15) is 0 Å². The smallest absolute Gasteiger partial charge is 0.248 e. The number of nitrogens with one attached hydrogen (secondary N) is 2. The highest BCUT2D eigenvalue weighted by Gasteiger charge is 2.05. The first-order valence-electron chi connectivity index (χ1n) is 7.97. The van der Waals surface area contributed by atoms with E-state index in [9.17, 15) is 9.59 Å². The van der Waals surface area contributed by atoms with Gasteiger partial charge in [-0.05, 0) is 41.8 Å². The predicted molar refractivity (Wildman–Crippen MR) is 98.6 cm³/mol. The molecule has 24 heavy (non-hydrogen) atoms. The first-order valence-corrected chi connectivity index (χ1v) is 7.97. The molecule has 2 rings (SSSR count). The average Bonchev–Trinajstić information content (AvgIpc) is 2.55. The molecule has 0 fully saturated rings. The molecule has 4 heteroatoms. The van der Waals surface area contributed by atoms with E-state index in [2.05, 4.69) is 10.6 Å². The normalized spacial score (nSPS) is 10.8. The molecule has 0 heterocycles. The van der Waals surface area contributed by atoms with Crippen LogP contribution in [0.4, 0.5) is 11.4 Å². The Balaban J connectivity index is 1.88. The Bertz CT molecular complexity index is 704. The van der Waals surface area contributed by atoms with Crippen LogP contribution in [0.2, 0.25) is 0 Å². The molecule has 0 saturated heterocycles. The van der Waals surface area contributed by atoms with Crippen molar-refractivity contribution in [1.82, 2.24) is 0 Å². The Labute approximate surface area is 142 Å². The second-order valence-electron chi connectivity index (χ2n) is 5.96. The largest absolute Gasteiger partial charge is 0.326 e. The predicted octanol–water partition coefficient (Wildman–Crippen LogP) is 4.32. The van der Waals surface area contributed by atoms with Gasteiger partial charge in [0.25, 0.3) is 0 Å². The summed E-state index contributed by atoms with van der Waals surface area (Å²) in [5.74, 6) is 0.114. The van der Waals surface area contributed by atoms with Gasteiger partial charge in [-0.25, -0.2) is 0 Å². The lowest BCUT2D eigenvalue weighted by molar-refractivity contribution is -0.117. The number of hydrogen-bond donors (Lipinski definition) is 2. The van der Waals surface area contributed by atoms with Crippen LogP contribution < -0.4 is 10.6 Å². The van der Waals surface area contributed by atoms with E-state index in [0.29, 0.717) is 18.0 Å². The van der Waals surface area contributed by atoms with Crippen LogP contribution in [0.3, 0.4) is 0 Å². The lowest BCUT2D eigenvalue weighted by atomic mass is 10.1. The molecule has 0 aromatic heterocycles. The van der Waals surface area contributed by atoms with E-state index in [-0.39, 0.29) is 11.8 Å². The maximum absolute atomic E-state index is 11.9. The number of rotatable bonds is 6. The van der Waals surface area contributed by atoms with Crippen LogP contribution in [0.5, 0.6) is 0 Å². The molecule has 2 amide bonds. The number of hydrogen-bond acceptors (Lipinski definition) is 2. The van der Waals surface area contributed by atoms with Crippen LogP contribution in [0.15, 0.2) is 60.7 Å². The Morgan fingerprint density at radius 3 is 2.08 bits per heavy atom. The molecule has 2 N–H and O–H groups in total. The molecule has 2 aromatic rings. The fourth-order valence-electron chi connectivity index (χ4n) is 2.14. The van der Waals surface area contributed by atoms with Crippen LogP contribution in [0.25, 0.3) is 6.08 Å². The van der Waals surface area contributed by atoms with Gasteiger partial charge in [0.2, 0.25) is 11.8 Å². The summed E-state index contributed by atoms with van der Waals surface area (Å²) in [5, 5.41) is 5.62. The van der Waals surface area contributed by atoms with Crippen molar-refractivity contribution < 1.29 is 9.59 Å². The summed E-state index contributed by atoms with van der Waals surface area (Å²) in [4.78, 5) is 23.6. The summed E-state index contributed by atoms with van der Waals surface area (Å²) in [5.41, 5.74) is 2.37. The topological polar surface area (TPSA) is 58.2 Å². The molecule has 0 aliphatic carbocycles. The van der Waals surface area contributed by atoms with E-state index in [0.717, 1.165) is 11.3 Å². The van der Waals surface area contributed by atoms with Crippen LogP contribution >= 0.6 is 0 Å². The number of benzene rings is 2. The fraction of sp³-hybridized carbons (Fsp3) is 0.200. The number of carbonyl (C=O) groups excluding carboxylic acids is 2. The van der Waals surface area contributed by atoms with Gasteiger partial charge < -0.3 is 10.6 Å². The first-order chi connectivity index (χ1) is 11.5. The number of carbonyl (C=O) groups is 2. The lowest BCUT2D eigenvalue weighted by Crippen LogP contribution is -2.14. The highest BCUT2D eigenvalue weighted by atomic mass is 16.2. The van der Waals surface area contributed by atoms with Crippen molar-refractivity contribution >= 4 is 29.3 Å². The third kappa shape index (κ3) is 6.08. The molecule has 0 atom stereocenters. The second-order valence-corrected chi connectivity index (χ2v) is 5.96. The maximum Gasteiger partial charge on any atom is 0.248 e. The molecular formula is C20H22N2O2. The molecular weight excluding hydrogens is 300 g/mol. The molecule has 0 saturated carbocycles.